The van der Waals surface area contributed by atoms with Crippen LogP contribution in [-0.2, 0) is 6.42 Å². The van der Waals surface area contributed by atoms with Gasteiger partial charge in [-0.15, -0.1) is 0 Å². The highest BCUT2D eigenvalue weighted by Crippen LogP contribution is 2.26. The van der Waals surface area contributed by atoms with E-state index in [4.69, 9.17) is 10.3 Å². The molecule has 2 heterocycles. The lowest BCUT2D eigenvalue weighted by Crippen LogP contribution is -1.94. The van der Waals surface area contributed by atoms with Crippen molar-refractivity contribution < 1.29 is 4.52 Å². The van der Waals surface area contributed by atoms with E-state index in [9.17, 15) is 0 Å². The van der Waals surface area contributed by atoms with Crippen molar-refractivity contribution in [2.24, 2.45) is 0 Å². The van der Waals surface area contributed by atoms with Crippen LogP contribution in [-0.4, -0.2) is 15.1 Å². The molecule has 0 aliphatic rings. The van der Waals surface area contributed by atoms with Crippen molar-refractivity contribution in [3.8, 4) is 11.5 Å². The van der Waals surface area contributed by atoms with E-state index in [-0.39, 0.29) is 0 Å². The van der Waals surface area contributed by atoms with Gasteiger partial charge in [-0.25, -0.2) is 0 Å². The van der Waals surface area contributed by atoms with Crippen molar-refractivity contribution in [3.05, 3.63) is 57.7 Å². The normalized spacial score (nSPS) is 10.7. The molecule has 0 radical (unpaired) electrons. The second kappa shape index (κ2) is 5.58. The molecule has 0 unspecified atom stereocenters. The Bertz CT molecular complexity index is 727. The van der Waals surface area contributed by atoms with Gasteiger partial charge in [0.15, 0.2) is 5.82 Å². The molecule has 1 aromatic carbocycles. The number of anilines is 1. The summed E-state index contributed by atoms with van der Waals surface area (Å²) in [6, 6.07) is 11.4. The average molecular weight is 378 g/mol. The maximum atomic E-state index is 5.94. The van der Waals surface area contributed by atoms with Crippen molar-refractivity contribution in [1.29, 1.82) is 0 Å². The Hall–Kier alpha value is -1.96. The van der Waals surface area contributed by atoms with Gasteiger partial charge < -0.3 is 10.3 Å². The van der Waals surface area contributed by atoms with Gasteiger partial charge >= 0.3 is 0 Å². The van der Waals surface area contributed by atoms with Crippen molar-refractivity contribution >= 4 is 28.3 Å². The van der Waals surface area contributed by atoms with Crippen molar-refractivity contribution in [2.45, 2.75) is 6.42 Å². The predicted molar refractivity (Wildman–Crippen MR) is 83.9 cm³/mol. The molecule has 2 aromatic heterocycles. The van der Waals surface area contributed by atoms with Gasteiger partial charge in [-0.05, 0) is 52.9 Å². The highest BCUT2D eigenvalue weighted by molar-refractivity contribution is 14.1. The van der Waals surface area contributed by atoms with E-state index >= 15 is 0 Å². The quantitative estimate of drug-likeness (QED) is 0.560. The minimum Gasteiger partial charge on any atom is -0.398 e. The summed E-state index contributed by atoms with van der Waals surface area (Å²) >= 11 is 2.22. The lowest BCUT2D eigenvalue weighted by Gasteiger charge is -2.00. The topological polar surface area (TPSA) is 77.8 Å². The van der Waals surface area contributed by atoms with Crippen LogP contribution >= 0.6 is 22.6 Å². The summed E-state index contributed by atoms with van der Waals surface area (Å²) in [6.07, 6.45) is 2.28. The summed E-state index contributed by atoms with van der Waals surface area (Å²) in [5, 5.41) is 3.97. The lowest BCUT2D eigenvalue weighted by atomic mass is 10.2. The molecular formula is C14H11IN4O. The first-order valence-corrected chi connectivity index (χ1v) is 7.08. The third-order valence-electron chi connectivity index (χ3n) is 2.78. The Morgan fingerprint density at radius 2 is 2.10 bits per heavy atom. The molecule has 2 N–H and O–H groups in total. The largest absolute Gasteiger partial charge is 0.398 e. The molecule has 6 heteroatoms. The van der Waals surface area contributed by atoms with Crippen LogP contribution in [0.4, 0.5) is 5.69 Å². The number of pyridine rings is 1. The molecule has 0 saturated carbocycles. The zero-order valence-electron chi connectivity index (χ0n) is 10.5. The van der Waals surface area contributed by atoms with Gasteiger partial charge in [-0.1, -0.05) is 11.2 Å². The molecule has 20 heavy (non-hydrogen) atoms. The van der Waals surface area contributed by atoms with Crippen LogP contribution in [0.5, 0.6) is 0 Å². The maximum Gasteiger partial charge on any atom is 0.260 e. The summed E-state index contributed by atoms with van der Waals surface area (Å²) in [5.74, 6) is 1.03. The molecule has 0 aliphatic heterocycles. The molecule has 0 atom stereocenters. The fraction of sp³-hybridized carbons (Fsp3) is 0.0714. The van der Waals surface area contributed by atoms with Crippen LogP contribution in [0.2, 0.25) is 0 Å². The standard InChI is InChI=1S/C14H11IN4O/c15-9-4-5-12(16)11(7-9)14-18-13(19-20-14)8-10-3-1-2-6-17-10/h1-7H,8,16H2. The van der Waals surface area contributed by atoms with Gasteiger partial charge in [0.1, 0.15) is 0 Å². The molecule has 0 saturated heterocycles. The summed E-state index contributed by atoms with van der Waals surface area (Å²) in [5.41, 5.74) is 8.22. The molecule has 100 valence electrons. The van der Waals surface area contributed by atoms with E-state index < -0.39 is 0 Å². The summed E-state index contributed by atoms with van der Waals surface area (Å²) < 4.78 is 6.35. The molecule has 0 aliphatic carbocycles. The third kappa shape index (κ3) is 2.79. The van der Waals surface area contributed by atoms with Crippen LogP contribution < -0.4 is 5.73 Å². The monoisotopic (exact) mass is 378 g/mol. The van der Waals surface area contributed by atoms with E-state index in [1.165, 1.54) is 0 Å². The molecule has 0 bridgehead atoms. The zero-order valence-corrected chi connectivity index (χ0v) is 12.6. The third-order valence-corrected chi connectivity index (χ3v) is 3.45. The number of nitrogens with zero attached hydrogens (tertiary/aromatic N) is 3. The van der Waals surface area contributed by atoms with Crippen molar-refractivity contribution in [2.75, 3.05) is 5.73 Å². The molecule has 5 nitrogen and oxygen atoms in total. The maximum absolute atomic E-state index is 5.94. The summed E-state index contributed by atoms with van der Waals surface area (Å²) in [7, 11) is 0. The predicted octanol–water partition coefficient (Wildman–Crippen LogP) is 2.91. The number of nitrogens with two attached hydrogens (primary N) is 1. The number of halogens is 1. The molecule has 0 fully saturated rings. The van der Waals surface area contributed by atoms with Crippen LogP contribution in [0.25, 0.3) is 11.5 Å². The number of benzene rings is 1. The fourth-order valence-corrected chi connectivity index (χ4v) is 2.30. The Labute approximate surface area is 129 Å². The summed E-state index contributed by atoms with van der Waals surface area (Å²) in [4.78, 5) is 8.62. The van der Waals surface area contributed by atoms with Crippen LogP contribution in [0, 0.1) is 3.57 Å². The average Bonchev–Trinajstić information content (AvgIpc) is 2.91. The summed E-state index contributed by atoms with van der Waals surface area (Å²) in [6.45, 7) is 0. The molecular weight excluding hydrogens is 367 g/mol. The Morgan fingerprint density at radius 1 is 1.20 bits per heavy atom. The number of nitrogen functional groups attached to an aromatic ring is 1. The van der Waals surface area contributed by atoms with Crippen LogP contribution in [0.3, 0.4) is 0 Å². The SMILES string of the molecule is Nc1ccc(I)cc1-c1nc(Cc2ccccn2)no1. The zero-order chi connectivity index (χ0) is 13.9. The Kier molecular flexibility index (Phi) is 3.64. The first-order chi connectivity index (χ1) is 9.72. The number of rotatable bonds is 3. The number of aromatic nitrogens is 3. The van der Waals surface area contributed by atoms with E-state index in [0.717, 1.165) is 14.8 Å². The number of hydrogen-bond donors (Lipinski definition) is 1. The fourth-order valence-electron chi connectivity index (χ4n) is 1.81. The second-order valence-electron chi connectivity index (χ2n) is 4.25. The molecule has 0 amide bonds. The van der Waals surface area contributed by atoms with Crippen molar-refractivity contribution in [1.82, 2.24) is 15.1 Å². The lowest BCUT2D eigenvalue weighted by molar-refractivity contribution is 0.424. The van der Waals surface area contributed by atoms with Gasteiger partial charge in [0.2, 0.25) is 0 Å². The van der Waals surface area contributed by atoms with E-state index in [2.05, 4.69) is 37.7 Å². The Balaban J connectivity index is 1.88. The van der Waals surface area contributed by atoms with Crippen LogP contribution in [0.15, 0.2) is 47.1 Å². The minimum atomic E-state index is 0.437. The Morgan fingerprint density at radius 3 is 2.90 bits per heavy atom. The molecule has 0 spiro atoms. The van der Waals surface area contributed by atoms with E-state index in [1.54, 1.807) is 6.20 Å². The van der Waals surface area contributed by atoms with E-state index in [1.807, 2.05) is 36.4 Å². The first-order valence-electron chi connectivity index (χ1n) is 6.00. The van der Waals surface area contributed by atoms with Crippen LogP contribution in [0.1, 0.15) is 11.5 Å². The van der Waals surface area contributed by atoms with E-state index in [0.29, 0.717) is 23.8 Å². The van der Waals surface area contributed by atoms with Gasteiger partial charge in [0.05, 0.1) is 12.0 Å². The highest BCUT2D eigenvalue weighted by Gasteiger charge is 2.12. The second-order valence-corrected chi connectivity index (χ2v) is 5.49. The molecule has 3 aromatic rings. The van der Waals surface area contributed by atoms with Crippen molar-refractivity contribution in [3.63, 3.8) is 0 Å². The smallest absolute Gasteiger partial charge is 0.260 e. The first kappa shape index (κ1) is 13.0. The number of hydrogen-bond acceptors (Lipinski definition) is 5. The van der Waals surface area contributed by atoms with Gasteiger partial charge in [-0.2, -0.15) is 4.98 Å². The van der Waals surface area contributed by atoms with Gasteiger partial charge in [0, 0.05) is 21.1 Å². The van der Waals surface area contributed by atoms with Gasteiger partial charge in [0.25, 0.3) is 5.89 Å². The molecule has 3 rings (SSSR count). The minimum absolute atomic E-state index is 0.437. The van der Waals surface area contributed by atoms with Gasteiger partial charge in [-0.3, -0.25) is 4.98 Å². The highest BCUT2D eigenvalue weighted by atomic mass is 127.